The van der Waals surface area contributed by atoms with Crippen molar-refractivity contribution in [3.05, 3.63) is 29.8 Å². The highest BCUT2D eigenvalue weighted by Gasteiger charge is 2.22. The van der Waals surface area contributed by atoms with E-state index in [4.69, 9.17) is 10.5 Å². The van der Waals surface area contributed by atoms with E-state index in [0.29, 0.717) is 13.0 Å². The van der Waals surface area contributed by atoms with E-state index in [0.717, 1.165) is 30.7 Å². The summed E-state index contributed by atoms with van der Waals surface area (Å²) in [7, 11) is 1.65. The minimum Gasteiger partial charge on any atom is -0.497 e. The summed E-state index contributed by atoms with van der Waals surface area (Å²) >= 11 is 0. The molecule has 4 nitrogen and oxygen atoms in total. The van der Waals surface area contributed by atoms with E-state index in [2.05, 4.69) is 0 Å². The summed E-state index contributed by atoms with van der Waals surface area (Å²) in [6.07, 6.45) is 2.21. The summed E-state index contributed by atoms with van der Waals surface area (Å²) in [6.45, 7) is 1.51. The molecule has 1 aromatic rings. The number of amides is 1. The zero-order valence-electron chi connectivity index (χ0n) is 11.2. The van der Waals surface area contributed by atoms with E-state index >= 15 is 0 Å². The summed E-state index contributed by atoms with van der Waals surface area (Å²) in [5.74, 6) is 1.04. The van der Waals surface area contributed by atoms with E-state index in [-0.39, 0.29) is 24.4 Å². The zero-order chi connectivity index (χ0) is 13.0. The van der Waals surface area contributed by atoms with Crippen molar-refractivity contribution in [1.82, 2.24) is 4.90 Å². The van der Waals surface area contributed by atoms with E-state index in [1.165, 1.54) is 0 Å². The van der Waals surface area contributed by atoms with Crippen molar-refractivity contribution in [3.63, 3.8) is 0 Å². The van der Waals surface area contributed by atoms with Gasteiger partial charge in [-0.1, -0.05) is 12.1 Å². The average Bonchev–Trinajstić information content (AvgIpc) is 2.83. The average molecular weight is 285 g/mol. The number of rotatable bonds is 4. The molecule has 19 heavy (non-hydrogen) atoms. The van der Waals surface area contributed by atoms with E-state index < -0.39 is 0 Å². The molecule has 1 heterocycles. The van der Waals surface area contributed by atoms with E-state index in [1.807, 2.05) is 29.2 Å². The molecule has 0 aromatic heterocycles. The number of likely N-dealkylation sites (tertiary alicyclic amines) is 1. The van der Waals surface area contributed by atoms with Gasteiger partial charge in [0.1, 0.15) is 5.75 Å². The van der Waals surface area contributed by atoms with Gasteiger partial charge in [-0.15, -0.1) is 12.4 Å². The number of halogens is 1. The van der Waals surface area contributed by atoms with Crippen LogP contribution in [0.15, 0.2) is 24.3 Å². The molecule has 0 unspecified atom stereocenters. The molecule has 5 heteroatoms. The van der Waals surface area contributed by atoms with Gasteiger partial charge in [0.2, 0.25) is 5.91 Å². The van der Waals surface area contributed by atoms with Crippen LogP contribution in [0.5, 0.6) is 5.75 Å². The maximum atomic E-state index is 12.0. The van der Waals surface area contributed by atoms with Crippen molar-refractivity contribution < 1.29 is 9.53 Å². The molecule has 0 aliphatic carbocycles. The van der Waals surface area contributed by atoms with Crippen LogP contribution >= 0.6 is 12.4 Å². The van der Waals surface area contributed by atoms with Gasteiger partial charge >= 0.3 is 0 Å². The standard InChI is InChI=1S/C14H20N2O2.ClH/c1-18-13-4-2-3-11(9-13)5-6-14(17)16-8-7-12(15)10-16;/h2-4,9,12H,5-8,10,15H2,1H3;1H/t12-;/m1./s1. The number of benzene rings is 1. The Hall–Kier alpha value is -1.26. The van der Waals surface area contributed by atoms with E-state index in [1.54, 1.807) is 7.11 Å². The smallest absolute Gasteiger partial charge is 0.222 e. The highest BCUT2D eigenvalue weighted by Crippen LogP contribution is 2.15. The normalized spacial score (nSPS) is 18.0. The topological polar surface area (TPSA) is 55.6 Å². The molecule has 1 saturated heterocycles. The van der Waals surface area contributed by atoms with Gasteiger partial charge in [0.25, 0.3) is 0 Å². The molecule has 0 radical (unpaired) electrons. The maximum Gasteiger partial charge on any atom is 0.222 e. The third kappa shape index (κ3) is 4.40. The number of carbonyl (C=O) groups excluding carboxylic acids is 1. The van der Waals surface area contributed by atoms with Gasteiger partial charge in [-0.25, -0.2) is 0 Å². The summed E-state index contributed by atoms with van der Waals surface area (Å²) in [5, 5.41) is 0. The van der Waals surface area contributed by atoms with Gasteiger partial charge in [-0.05, 0) is 30.5 Å². The number of nitrogens with two attached hydrogens (primary N) is 1. The minimum atomic E-state index is 0. The first-order chi connectivity index (χ1) is 8.69. The van der Waals surface area contributed by atoms with Crippen molar-refractivity contribution in [2.24, 2.45) is 5.73 Å². The third-order valence-electron chi connectivity index (χ3n) is 3.34. The first-order valence-corrected chi connectivity index (χ1v) is 6.35. The fraction of sp³-hybridized carbons (Fsp3) is 0.500. The quantitative estimate of drug-likeness (QED) is 0.914. The van der Waals surface area contributed by atoms with Crippen molar-refractivity contribution in [2.75, 3.05) is 20.2 Å². The molecule has 1 atom stereocenters. The molecule has 1 aromatic carbocycles. The van der Waals surface area contributed by atoms with Gasteiger partial charge in [-0.2, -0.15) is 0 Å². The SMILES string of the molecule is COc1cccc(CCC(=O)N2CC[C@@H](N)C2)c1.Cl. The predicted octanol–water partition coefficient (Wildman–Crippen LogP) is 1.61. The van der Waals surface area contributed by atoms with Crippen LogP contribution in [-0.2, 0) is 11.2 Å². The fourth-order valence-corrected chi connectivity index (χ4v) is 2.25. The number of nitrogens with zero attached hydrogens (tertiary/aromatic N) is 1. The zero-order valence-corrected chi connectivity index (χ0v) is 12.0. The summed E-state index contributed by atoms with van der Waals surface area (Å²) in [6, 6.07) is 8.01. The molecule has 0 spiro atoms. The molecule has 1 aliphatic heterocycles. The predicted molar refractivity (Wildman–Crippen MR) is 77.7 cm³/mol. The molecule has 0 saturated carbocycles. The number of methoxy groups -OCH3 is 1. The second-order valence-electron chi connectivity index (χ2n) is 4.74. The summed E-state index contributed by atoms with van der Waals surface area (Å²) in [4.78, 5) is 13.8. The number of ether oxygens (including phenoxy) is 1. The van der Waals surface area contributed by atoms with Gasteiger partial charge in [0.05, 0.1) is 7.11 Å². The molecular formula is C14H21ClN2O2. The van der Waals surface area contributed by atoms with Crippen LogP contribution in [0.4, 0.5) is 0 Å². The van der Waals surface area contributed by atoms with Crippen molar-refractivity contribution in [2.45, 2.75) is 25.3 Å². The highest BCUT2D eigenvalue weighted by atomic mass is 35.5. The molecule has 106 valence electrons. The molecule has 1 fully saturated rings. The van der Waals surface area contributed by atoms with Gasteiger partial charge in [0.15, 0.2) is 0 Å². The Kier molecular flexibility index (Phi) is 6.12. The Morgan fingerprint density at radius 3 is 2.95 bits per heavy atom. The van der Waals surface area contributed by atoms with Crippen molar-refractivity contribution in [1.29, 1.82) is 0 Å². The first-order valence-electron chi connectivity index (χ1n) is 6.35. The second-order valence-corrected chi connectivity index (χ2v) is 4.74. The van der Waals surface area contributed by atoms with Crippen LogP contribution in [0.1, 0.15) is 18.4 Å². The Morgan fingerprint density at radius 1 is 1.53 bits per heavy atom. The van der Waals surface area contributed by atoms with Crippen LogP contribution in [0.3, 0.4) is 0 Å². The van der Waals surface area contributed by atoms with E-state index in [9.17, 15) is 4.79 Å². The highest BCUT2D eigenvalue weighted by molar-refractivity contribution is 5.85. The lowest BCUT2D eigenvalue weighted by Crippen LogP contribution is -2.31. The van der Waals surface area contributed by atoms with Gasteiger partial charge in [0, 0.05) is 25.6 Å². The largest absolute Gasteiger partial charge is 0.497 e. The molecule has 1 aliphatic rings. The lowest BCUT2D eigenvalue weighted by molar-refractivity contribution is -0.130. The molecule has 2 N–H and O–H groups in total. The number of carbonyl (C=O) groups is 1. The Labute approximate surface area is 120 Å². The Morgan fingerprint density at radius 2 is 2.32 bits per heavy atom. The van der Waals surface area contributed by atoms with Crippen molar-refractivity contribution in [3.8, 4) is 5.75 Å². The van der Waals surface area contributed by atoms with Crippen LogP contribution in [0, 0.1) is 0 Å². The number of hydrogen-bond acceptors (Lipinski definition) is 3. The Bertz CT molecular complexity index is 426. The van der Waals surface area contributed by atoms with Gasteiger partial charge < -0.3 is 15.4 Å². The third-order valence-corrected chi connectivity index (χ3v) is 3.34. The monoisotopic (exact) mass is 284 g/mol. The second kappa shape index (κ2) is 7.36. The van der Waals surface area contributed by atoms with Crippen LogP contribution < -0.4 is 10.5 Å². The fourth-order valence-electron chi connectivity index (χ4n) is 2.25. The van der Waals surface area contributed by atoms with Crippen LogP contribution in [-0.4, -0.2) is 37.0 Å². The lowest BCUT2D eigenvalue weighted by atomic mass is 10.1. The lowest BCUT2D eigenvalue weighted by Gasteiger charge is -2.15. The molecule has 1 amide bonds. The minimum absolute atomic E-state index is 0. The molecular weight excluding hydrogens is 264 g/mol. The maximum absolute atomic E-state index is 12.0. The van der Waals surface area contributed by atoms with Crippen molar-refractivity contribution >= 4 is 18.3 Å². The summed E-state index contributed by atoms with van der Waals surface area (Å²) < 4.78 is 5.16. The van der Waals surface area contributed by atoms with Crippen LogP contribution in [0.2, 0.25) is 0 Å². The van der Waals surface area contributed by atoms with Crippen LogP contribution in [0.25, 0.3) is 0 Å². The molecule has 0 bridgehead atoms. The Balaban J connectivity index is 0.00000180. The summed E-state index contributed by atoms with van der Waals surface area (Å²) in [5.41, 5.74) is 6.93. The first kappa shape index (κ1) is 15.8. The number of hydrogen-bond donors (Lipinski definition) is 1. The molecule has 2 rings (SSSR count). The van der Waals surface area contributed by atoms with Gasteiger partial charge in [-0.3, -0.25) is 4.79 Å². The number of aryl methyl sites for hydroxylation is 1.